The molecule has 0 N–H and O–H groups in total. The molecule has 0 bridgehead atoms. The van der Waals surface area contributed by atoms with Gasteiger partial charge in [0.05, 0.1) is 6.61 Å². The molecule has 0 saturated carbocycles. The minimum Gasteiger partial charge on any atom is -0.463 e. The first-order chi connectivity index (χ1) is 13.1. The van der Waals surface area contributed by atoms with Crippen LogP contribution in [0.5, 0.6) is 5.75 Å². The van der Waals surface area contributed by atoms with Crippen molar-refractivity contribution in [2.45, 2.75) is 71.1 Å². The van der Waals surface area contributed by atoms with Gasteiger partial charge in [0, 0.05) is 12.2 Å². The van der Waals surface area contributed by atoms with Crippen molar-refractivity contribution in [1.82, 2.24) is 0 Å². The standard InChI is InChI=1S/C22H31FO4/c1-2-3-4-5-6-7-8-9-10-13-18-26-21(24)16-17-22(25)27-20-15-12-11-14-19(20)23/h11-12,14-17H,2-10,13,18H2,1H3/b17-16+. The second kappa shape index (κ2) is 14.9. The smallest absolute Gasteiger partial charge is 0.336 e. The SMILES string of the molecule is CCCCCCCCCCCCOC(=O)/C=C/C(=O)Oc1ccccc1F. The van der Waals surface area contributed by atoms with Crippen molar-refractivity contribution in [3.63, 3.8) is 0 Å². The quantitative estimate of drug-likeness (QED) is 0.179. The van der Waals surface area contributed by atoms with E-state index in [2.05, 4.69) is 6.92 Å². The number of hydrogen-bond donors (Lipinski definition) is 0. The van der Waals surface area contributed by atoms with Crippen LogP contribution in [0.15, 0.2) is 36.4 Å². The molecule has 1 aromatic rings. The fraction of sp³-hybridized carbons (Fsp3) is 0.545. The number of ether oxygens (including phenoxy) is 2. The van der Waals surface area contributed by atoms with Crippen molar-refractivity contribution in [2.24, 2.45) is 0 Å². The largest absolute Gasteiger partial charge is 0.463 e. The molecule has 5 heteroatoms. The number of para-hydroxylation sites is 1. The van der Waals surface area contributed by atoms with Crippen molar-refractivity contribution < 1.29 is 23.5 Å². The Morgan fingerprint density at radius 3 is 2.04 bits per heavy atom. The van der Waals surface area contributed by atoms with Crippen LogP contribution in [0.3, 0.4) is 0 Å². The summed E-state index contributed by atoms with van der Waals surface area (Å²) < 4.78 is 23.2. The predicted octanol–water partition coefficient (Wildman–Crippen LogP) is 5.75. The molecule has 0 aliphatic heterocycles. The van der Waals surface area contributed by atoms with E-state index in [9.17, 15) is 14.0 Å². The van der Waals surface area contributed by atoms with E-state index in [1.165, 1.54) is 63.1 Å². The number of hydrogen-bond acceptors (Lipinski definition) is 4. The van der Waals surface area contributed by atoms with Crippen molar-refractivity contribution in [3.05, 3.63) is 42.2 Å². The van der Waals surface area contributed by atoms with Crippen LogP contribution in [0.1, 0.15) is 71.1 Å². The number of unbranched alkanes of at least 4 members (excludes halogenated alkanes) is 9. The number of carbonyl (C=O) groups excluding carboxylic acids is 2. The van der Waals surface area contributed by atoms with E-state index in [0.29, 0.717) is 6.61 Å². The van der Waals surface area contributed by atoms with Gasteiger partial charge in [0.25, 0.3) is 0 Å². The number of esters is 2. The Kier molecular flexibility index (Phi) is 12.7. The van der Waals surface area contributed by atoms with Crippen molar-refractivity contribution in [2.75, 3.05) is 6.61 Å². The molecule has 27 heavy (non-hydrogen) atoms. The monoisotopic (exact) mass is 378 g/mol. The molecule has 0 fully saturated rings. The van der Waals surface area contributed by atoms with Gasteiger partial charge in [0.2, 0.25) is 0 Å². The second-order valence-electron chi connectivity index (χ2n) is 6.53. The van der Waals surface area contributed by atoms with Crippen LogP contribution < -0.4 is 4.74 Å². The Morgan fingerprint density at radius 1 is 0.852 bits per heavy atom. The molecule has 0 spiro atoms. The molecule has 0 aliphatic carbocycles. The highest BCUT2D eigenvalue weighted by Crippen LogP contribution is 2.15. The van der Waals surface area contributed by atoms with E-state index in [0.717, 1.165) is 31.4 Å². The van der Waals surface area contributed by atoms with Crippen LogP contribution in [0.25, 0.3) is 0 Å². The zero-order chi connectivity index (χ0) is 19.7. The maximum Gasteiger partial charge on any atom is 0.336 e. The highest BCUT2D eigenvalue weighted by Gasteiger charge is 2.06. The van der Waals surface area contributed by atoms with Gasteiger partial charge in [-0.25, -0.2) is 14.0 Å². The zero-order valence-electron chi connectivity index (χ0n) is 16.3. The Balaban J connectivity index is 2.03. The number of rotatable bonds is 14. The molecule has 0 radical (unpaired) electrons. The average Bonchev–Trinajstić information content (AvgIpc) is 2.66. The van der Waals surface area contributed by atoms with E-state index in [1.54, 1.807) is 6.07 Å². The topological polar surface area (TPSA) is 52.6 Å². The maximum atomic E-state index is 13.3. The highest BCUT2D eigenvalue weighted by atomic mass is 19.1. The van der Waals surface area contributed by atoms with Gasteiger partial charge in [-0.15, -0.1) is 0 Å². The molecular weight excluding hydrogens is 347 g/mol. The van der Waals surface area contributed by atoms with Gasteiger partial charge < -0.3 is 9.47 Å². The Morgan fingerprint density at radius 2 is 1.41 bits per heavy atom. The fourth-order valence-corrected chi connectivity index (χ4v) is 2.62. The fourth-order valence-electron chi connectivity index (χ4n) is 2.62. The van der Waals surface area contributed by atoms with Gasteiger partial charge in [-0.3, -0.25) is 0 Å². The third kappa shape index (κ3) is 11.9. The van der Waals surface area contributed by atoms with Gasteiger partial charge in [0.1, 0.15) is 0 Å². The summed E-state index contributed by atoms with van der Waals surface area (Å²) in [6, 6.07) is 5.57. The summed E-state index contributed by atoms with van der Waals surface area (Å²) in [7, 11) is 0. The molecule has 1 rings (SSSR count). The lowest BCUT2D eigenvalue weighted by atomic mass is 10.1. The highest BCUT2D eigenvalue weighted by molar-refractivity contribution is 5.92. The molecule has 0 aromatic heterocycles. The minimum atomic E-state index is -0.823. The number of benzene rings is 1. The average molecular weight is 378 g/mol. The van der Waals surface area contributed by atoms with Gasteiger partial charge in [0.15, 0.2) is 11.6 Å². The maximum absolute atomic E-state index is 13.3. The van der Waals surface area contributed by atoms with Crippen LogP contribution in [-0.2, 0) is 14.3 Å². The molecule has 4 nitrogen and oxygen atoms in total. The van der Waals surface area contributed by atoms with Crippen molar-refractivity contribution >= 4 is 11.9 Å². The number of halogens is 1. The van der Waals surface area contributed by atoms with Crippen LogP contribution in [0.4, 0.5) is 4.39 Å². The summed E-state index contributed by atoms with van der Waals surface area (Å²) in [5.74, 6) is -2.24. The zero-order valence-corrected chi connectivity index (χ0v) is 16.3. The lowest BCUT2D eigenvalue weighted by Gasteiger charge is -2.03. The summed E-state index contributed by atoms with van der Waals surface area (Å²) >= 11 is 0. The third-order valence-electron chi connectivity index (χ3n) is 4.14. The summed E-state index contributed by atoms with van der Waals surface area (Å²) in [5.41, 5.74) is 0. The van der Waals surface area contributed by atoms with Gasteiger partial charge in [-0.1, -0.05) is 76.8 Å². The summed E-state index contributed by atoms with van der Waals surface area (Å²) in [4.78, 5) is 23.1. The van der Waals surface area contributed by atoms with E-state index in [-0.39, 0.29) is 5.75 Å². The molecule has 0 unspecified atom stereocenters. The number of carbonyl (C=O) groups is 2. The lowest BCUT2D eigenvalue weighted by Crippen LogP contribution is -2.08. The van der Waals surface area contributed by atoms with E-state index in [1.807, 2.05) is 0 Å². The van der Waals surface area contributed by atoms with E-state index >= 15 is 0 Å². The molecule has 0 saturated heterocycles. The van der Waals surface area contributed by atoms with E-state index < -0.39 is 17.8 Å². The van der Waals surface area contributed by atoms with E-state index in [4.69, 9.17) is 9.47 Å². The van der Waals surface area contributed by atoms with Crippen LogP contribution in [0, 0.1) is 5.82 Å². The first kappa shape index (κ1) is 22.9. The lowest BCUT2D eigenvalue weighted by molar-refractivity contribution is -0.138. The molecule has 1 aromatic carbocycles. The molecule has 0 amide bonds. The molecule has 0 aliphatic rings. The van der Waals surface area contributed by atoms with Gasteiger partial charge in [-0.05, 0) is 18.6 Å². The third-order valence-corrected chi connectivity index (χ3v) is 4.14. The molecule has 0 heterocycles. The molecular formula is C22H31FO4. The Hall–Kier alpha value is -2.17. The first-order valence-electron chi connectivity index (χ1n) is 9.94. The summed E-state index contributed by atoms with van der Waals surface area (Å²) in [6.45, 7) is 2.56. The first-order valence-corrected chi connectivity index (χ1v) is 9.94. The summed E-state index contributed by atoms with van der Waals surface area (Å²) in [5, 5.41) is 0. The molecule has 0 atom stereocenters. The molecule has 150 valence electrons. The van der Waals surface area contributed by atoms with Crippen molar-refractivity contribution in [1.29, 1.82) is 0 Å². The van der Waals surface area contributed by atoms with Crippen molar-refractivity contribution in [3.8, 4) is 5.75 Å². The Labute approximate surface area is 161 Å². The second-order valence-corrected chi connectivity index (χ2v) is 6.53. The van der Waals surface area contributed by atoms with Gasteiger partial charge in [-0.2, -0.15) is 0 Å². The van der Waals surface area contributed by atoms with Crippen LogP contribution in [-0.4, -0.2) is 18.5 Å². The predicted molar refractivity (Wildman–Crippen MR) is 104 cm³/mol. The van der Waals surface area contributed by atoms with Crippen LogP contribution in [0.2, 0.25) is 0 Å². The normalized spacial score (nSPS) is 10.9. The van der Waals surface area contributed by atoms with Crippen LogP contribution >= 0.6 is 0 Å². The van der Waals surface area contributed by atoms with Gasteiger partial charge >= 0.3 is 11.9 Å². The Bertz CT molecular complexity index is 583. The summed E-state index contributed by atoms with van der Waals surface area (Å²) in [6.07, 6.45) is 14.0. The minimum absolute atomic E-state index is 0.175.